The van der Waals surface area contributed by atoms with Crippen LogP contribution in [-0.4, -0.2) is 51.6 Å². The molecule has 1 aliphatic rings. The molecule has 2 atom stereocenters. The molecule has 0 unspecified atom stereocenters. The number of aryl methyl sites for hydroxylation is 1. The van der Waals surface area contributed by atoms with E-state index in [-0.39, 0.29) is 23.7 Å². The van der Waals surface area contributed by atoms with Gasteiger partial charge in [0, 0.05) is 30.5 Å². The lowest BCUT2D eigenvalue weighted by atomic mass is 10.0. The second-order valence-electron chi connectivity index (χ2n) is 7.25. The van der Waals surface area contributed by atoms with Gasteiger partial charge in [-0.3, -0.25) is 0 Å². The largest absolute Gasteiger partial charge is 0.476 e. The van der Waals surface area contributed by atoms with Crippen molar-refractivity contribution in [1.82, 2.24) is 15.2 Å². The maximum atomic E-state index is 11.6. The molecule has 0 saturated carbocycles. The zero-order chi connectivity index (χ0) is 20.3. The number of rotatable bonds is 6. The summed E-state index contributed by atoms with van der Waals surface area (Å²) in [7, 11) is 0. The maximum Gasteiger partial charge on any atom is 0.358 e. The molecule has 1 aliphatic heterocycles. The van der Waals surface area contributed by atoms with Gasteiger partial charge in [-0.05, 0) is 30.9 Å². The van der Waals surface area contributed by atoms with E-state index in [1.54, 1.807) is 6.07 Å². The van der Waals surface area contributed by atoms with Gasteiger partial charge in [0.15, 0.2) is 11.5 Å². The van der Waals surface area contributed by atoms with E-state index in [2.05, 4.69) is 39.7 Å². The van der Waals surface area contributed by atoms with Crippen LogP contribution in [0.3, 0.4) is 0 Å². The topological polar surface area (TPSA) is 135 Å². The number of carbonyl (C=O) groups is 1. The summed E-state index contributed by atoms with van der Waals surface area (Å²) in [5.41, 5.74) is 8.26. The van der Waals surface area contributed by atoms with E-state index in [9.17, 15) is 9.90 Å². The third kappa shape index (κ3) is 4.55. The van der Waals surface area contributed by atoms with Gasteiger partial charge >= 0.3 is 5.97 Å². The summed E-state index contributed by atoms with van der Waals surface area (Å²) in [5, 5.41) is 23.6. The molecule has 0 spiro atoms. The molecule has 5 N–H and O–H groups in total. The standard InChI is InChI=1S/C19H26N6O3/c1-10(2)17-11(3)4-5-15(23-17)22-14-8-16(24-25-18(14)19(26)27)21-13-6-7-28-9-12(13)20/h4-5,8,10,12-13H,6-7,9,20H2,1-3H3,(H,26,27)(H2,21,22,23,24)/t12-,13+/m0/s1. The molecule has 3 heterocycles. The van der Waals surface area contributed by atoms with Crippen molar-refractivity contribution in [2.24, 2.45) is 5.73 Å². The van der Waals surface area contributed by atoms with Crippen molar-refractivity contribution in [2.45, 2.75) is 45.2 Å². The lowest BCUT2D eigenvalue weighted by molar-refractivity contribution is 0.0690. The number of aromatic nitrogens is 3. The van der Waals surface area contributed by atoms with Gasteiger partial charge in [0.25, 0.3) is 0 Å². The Labute approximate surface area is 163 Å². The van der Waals surface area contributed by atoms with E-state index >= 15 is 0 Å². The Morgan fingerprint density at radius 3 is 2.79 bits per heavy atom. The lowest BCUT2D eigenvalue weighted by Gasteiger charge is -2.29. The van der Waals surface area contributed by atoms with Crippen molar-refractivity contribution in [1.29, 1.82) is 0 Å². The molecule has 0 aliphatic carbocycles. The Bertz CT molecular complexity index is 858. The Kier molecular flexibility index (Phi) is 6.05. The normalized spacial score (nSPS) is 19.5. The van der Waals surface area contributed by atoms with Gasteiger partial charge in [-0.1, -0.05) is 19.9 Å². The molecule has 0 radical (unpaired) electrons. The second-order valence-corrected chi connectivity index (χ2v) is 7.25. The van der Waals surface area contributed by atoms with E-state index in [4.69, 9.17) is 10.5 Å². The molecule has 150 valence electrons. The van der Waals surface area contributed by atoms with Crippen molar-refractivity contribution >= 4 is 23.3 Å². The summed E-state index contributed by atoms with van der Waals surface area (Å²) in [6.07, 6.45) is 0.740. The molecule has 0 bridgehead atoms. The second kappa shape index (κ2) is 8.49. The molecule has 2 aromatic rings. The molecular formula is C19H26N6O3. The Hall–Kier alpha value is -2.78. The van der Waals surface area contributed by atoms with Crippen LogP contribution < -0.4 is 16.4 Å². The van der Waals surface area contributed by atoms with Gasteiger partial charge in [0.2, 0.25) is 0 Å². The van der Waals surface area contributed by atoms with Crippen molar-refractivity contribution < 1.29 is 14.6 Å². The molecule has 1 saturated heterocycles. The fraction of sp³-hybridized carbons (Fsp3) is 0.474. The highest BCUT2D eigenvalue weighted by atomic mass is 16.5. The number of hydrogen-bond acceptors (Lipinski definition) is 8. The summed E-state index contributed by atoms with van der Waals surface area (Å²) in [5.74, 6) is 0.0913. The van der Waals surface area contributed by atoms with Crippen LogP contribution in [-0.2, 0) is 4.74 Å². The maximum absolute atomic E-state index is 11.6. The smallest absolute Gasteiger partial charge is 0.358 e. The minimum Gasteiger partial charge on any atom is -0.476 e. The molecule has 9 heteroatoms. The van der Waals surface area contributed by atoms with Gasteiger partial charge in [-0.15, -0.1) is 10.2 Å². The van der Waals surface area contributed by atoms with Gasteiger partial charge in [0.1, 0.15) is 5.82 Å². The van der Waals surface area contributed by atoms with Crippen LogP contribution in [0.15, 0.2) is 18.2 Å². The number of ether oxygens (including phenoxy) is 1. The SMILES string of the molecule is Cc1ccc(Nc2cc(N[C@@H]3CCOC[C@@H]3N)nnc2C(=O)O)nc1C(C)C. The zero-order valence-electron chi connectivity index (χ0n) is 16.3. The summed E-state index contributed by atoms with van der Waals surface area (Å²) in [4.78, 5) is 16.2. The molecular weight excluding hydrogens is 360 g/mol. The summed E-state index contributed by atoms with van der Waals surface area (Å²) < 4.78 is 5.34. The van der Waals surface area contributed by atoms with Gasteiger partial charge in [-0.25, -0.2) is 9.78 Å². The number of nitrogens with two attached hydrogens (primary N) is 1. The first-order chi connectivity index (χ1) is 13.3. The van der Waals surface area contributed by atoms with Gasteiger partial charge in [-0.2, -0.15) is 0 Å². The number of nitrogens with one attached hydrogen (secondary N) is 2. The van der Waals surface area contributed by atoms with Crippen molar-refractivity contribution in [2.75, 3.05) is 23.8 Å². The van der Waals surface area contributed by atoms with Crippen molar-refractivity contribution in [3.8, 4) is 0 Å². The minimum atomic E-state index is -1.17. The molecule has 0 amide bonds. The molecule has 2 aromatic heterocycles. The van der Waals surface area contributed by atoms with Crippen LogP contribution >= 0.6 is 0 Å². The highest BCUT2D eigenvalue weighted by molar-refractivity contribution is 5.93. The number of pyridine rings is 1. The monoisotopic (exact) mass is 386 g/mol. The lowest BCUT2D eigenvalue weighted by Crippen LogP contribution is -2.47. The minimum absolute atomic E-state index is 0.0170. The molecule has 3 rings (SSSR count). The molecule has 0 aromatic carbocycles. The fourth-order valence-corrected chi connectivity index (χ4v) is 3.18. The molecule has 9 nitrogen and oxygen atoms in total. The van der Waals surface area contributed by atoms with Gasteiger partial charge < -0.3 is 26.2 Å². The Morgan fingerprint density at radius 2 is 2.11 bits per heavy atom. The Balaban J connectivity index is 1.88. The summed E-state index contributed by atoms with van der Waals surface area (Å²) >= 11 is 0. The fourth-order valence-electron chi connectivity index (χ4n) is 3.18. The summed E-state index contributed by atoms with van der Waals surface area (Å²) in [6.45, 7) is 7.21. The average molecular weight is 386 g/mol. The van der Waals surface area contributed by atoms with Crippen LogP contribution in [0.5, 0.6) is 0 Å². The number of anilines is 3. The predicted octanol–water partition coefficient (Wildman–Crippen LogP) is 2.27. The van der Waals surface area contributed by atoms with Crippen LogP contribution in [0.4, 0.5) is 17.3 Å². The number of carboxylic acid groups (broad SMARTS) is 1. The van der Waals surface area contributed by atoms with E-state index in [0.717, 1.165) is 17.7 Å². The number of nitrogens with zero attached hydrogens (tertiary/aromatic N) is 3. The van der Waals surface area contributed by atoms with Crippen LogP contribution in [0, 0.1) is 6.92 Å². The first-order valence-corrected chi connectivity index (χ1v) is 9.30. The van der Waals surface area contributed by atoms with Gasteiger partial charge in [0.05, 0.1) is 12.3 Å². The van der Waals surface area contributed by atoms with Crippen LogP contribution in [0.1, 0.15) is 47.9 Å². The van der Waals surface area contributed by atoms with E-state index in [0.29, 0.717) is 30.5 Å². The predicted molar refractivity (Wildman–Crippen MR) is 106 cm³/mol. The van der Waals surface area contributed by atoms with E-state index in [1.807, 2.05) is 19.1 Å². The average Bonchev–Trinajstić information content (AvgIpc) is 2.65. The third-order valence-electron chi connectivity index (χ3n) is 4.68. The zero-order valence-corrected chi connectivity index (χ0v) is 16.3. The van der Waals surface area contributed by atoms with Crippen LogP contribution in [0.2, 0.25) is 0 Å². The van der Waals surface area contributed by atoms with Crippen molar-refractivity contribution in [3.05, 3.63) is 35.2 Å². The summed E-state index contributed by atoms with van der Waals surface area (Å²) in [6, 6.07) is 5.21. The first kappa shape index (κ1) is 20.0. The number of hydrogen-bond donors (Lipinski definition) is 4. The van der Waals surface area contributed by atoms with Crippen LogP contribution in [0.25, 0.3) is 0 Å². The van der Waals surface area contributed by atoms with Crippen molar-refractivity contribution in [3.63, 3.8) is 0 Å². The molecule has 28 heavy (non-hydrogen) atoms. The highest BCUT2D eigenvalue weighted by Gasteiger charge is 2.23. The quantitative estimate of drug-likeness (QED) is 0.589. The number of aromatic carboxylic acids is 1. The molecule has 1 fully saturated rings. The third-order valence-corrected chi connectivity index (χ3v) is 4.68. The number of carboxylic acids is 1. The first-order valence-electron chi connectivity index (χ1n) is 9.30. The van der Waals surface area contributed by atoms with E-state index in [1.165, 1.54) is 0 Å². The van der Waals surface area contributed by atoms with E-state index < -0.39 is 5.97 Å². The Morgan fingerprint density at radius 1 is 1.32 bits per heavy atom. The highest BCUT2D eigenvalue weighted by Crippen LogP contribution is 2.25.